The van der Waals surface area contributed by atoms with Gasteiger partial charge in [0, 0.05) is 12.5 Å². The molecule has 0 aliphatic carbocycles. The van der Waals surface area contributed by atoms with Crippen molar-refractivity contribution in [2.45, 2.75) is 44.9 Å². The summed E-state index contributed by atoms with van der Waals surface area (Å²) in [5, 5.41) is 13.8. The second-order valence-electron chi connectivity index (χ2n) is 6.79. The minimum Gasteiger partial charge on any atom is -0.507 e. The summed E-state index contributed by atoms with van der Waals surface area (Å²) in [6, 6.07) is 7.22. The van der Waals surface area contributed by atoms with Crippen LogP contribution >= 0.6 is 12.4 Å². The van der Waals surface area contributed by atoms with E-state index in [-0.39, 0.29) is 24.1 Å². The molecule has 1 fully saturated rings. The van der Waals surface area contributed by atoms with Gasteiger partial charge >= 0.3 is 0 Å². The van der Waals surface area contributed by atoms with Gasteiger partial charge in [-0.05, 0) is 44.0 Å². The van der Waals surface area contributed by atoms with Gasteiger partial charge in [-0.1, -0.05) is 25.8 Å². The third kappa shape index (κ3) is 5.47. The molecule has 1 aliphatic rings. The zero-order valence-electron chi connectivity index (χ0n) is 15.8. The van der Waals surface area contributed by atoms with Gasteiger partial charge in [-0.25, -0.2) is 9.97 Å². The number of anilines is 1. The number of hydrogen-bond donors (Lipinski definition) is 3. The summed E-state index contributed by atoms with van der Waals surface area (Å²) in [5.41, 5.74) is 8.09. The number of unbranched alkanes of at least 4 members (excludes halogenated alkanes) is 2. The molecule has 1 atom stereocenters. The van der Waals surface area contributed by atoms with Crippen LogP contribution < -0.4 is 15.8 Å². The molecule has 27 heavy (non-hydrogen) atoms. The molecule has 7 heteroatoms. The zero-order chi connectivity index (χ0) is 18.4. The molecular formula is C20H29ClN4O2. The van der Waals surface area contributed by atoms with Crippen LogP contribution in [0, 0.1) is 0 Å². The van der Waals surface area contributed by atoms with Gasteiger partial charge < -0.3 is 20.9 Å². The van der Waals surface area contributed by atoms with Crippen LogP contribution in [-0.4, -0.2) is 34.8 Å². The topological polar surface area (TPSA) is 93.3 Å². The van der Waals surface area contributed by atoms with Crippen LogP contribution in [0.15, 0.2) is 24.3 Å². The maximum atomic E-state index is 10.4. The van der Waals surface area contributed by atoms with Gasteiger partial charge in [0.05, 0.1) is 23.6 Å². The van der Waals surface area contributed by atoms with Crippen molar-refractivity contribution < 1.29 is 9.84 Å². The van der Waals surface area contributed by atoms with E-state index in [4.69, 9.17) is 10.5 Å². The second-order valence-corrected chi connectivity index (χ2v) is 6.79. The Bertz CT molecular complexity index is 736. The Balaban J connectivity index is 0.00000261. The van der Waals surface area contributed by atoms with E-state index < -0.39 is 0 Å². The Labute approximate surface area is 167 Å². The molecule has 148 valence electrons. The molecule has 2 heterocycles. The van der Waals surface area contributed by atoms with Gasteiger partial charge in [0.1, 0.15) is 11.5 Å². The maximum absolute atomic E-state index is 10.4. The minimum atomic E-state index is 0. The molecule has 1 aromatic carbocycles. The SMILES string of the molecule is CCCCCOc1cccc(O)c1-c1cc(C2CCCNC2)nc(N)n1.Cl. The summed E-state index contributed by atoms with van der Waals surface area (Å²) in [4.78, 5) is 8.80. The van der Waals surface area contributed by atoms with E-state index in [0.717, 1.165) is 50.9 Å². The standard InChI is InChI=1S/C20H28N4O2.ClH/c1-2-3-4-11-26-18-9-5-8-17(25)19(18)16-12-15(23-20(21)24-16)14-7-6-10-22-13-14;/h5,8-9,12,14,22,25H,2-4,6-7,10-11,13H2,1H3,(H2,21,23,24);1H. The van der Waals surface area contributed by atoms with Gasteiger partial charge in [-0.3, -0.25) is 0 Å². The lowest BCUT2D eigenvalue weighted by Gasteiger charge is -2.23. The third-order valence-electron chi connectivity index (χ3n) is 4.74. The number of hydrogen-bond acceptors (Lipinski definition) is 6. The van der Waals surface area contributed by atoms with E-state index in [0.29, 0.717) is 29.5 Å². The molecule has 0 saturated carbocycles. The Morgan fingerprint density at radius 1 is 1.30 bits per heavy atom. The highest BCUT2D eigenvalue weighted by Crippen LogP contribution is 2.38. The number of nitrogens with two attached hydrogens (primary N) is 1. The fourth-order valence-corrected chi connectivity index (χ4v) is 3.36. The summed E-state index contributed by atoms with van der Waals surface area (Å²) in [6.45, 7) is 4.70. The first-order chi connectivity index (χ1) is 12.7. The fraction of sp³-hybridized carbons (Fsp3) is 0.500. The van der Waals surface area contributed by atoms with Crippen LogP contribution in [0.25, 0.3) is 11.3 Å². The number of nitrogens with zero attached hydrogens (tertiary/aromatic N) is 2. The fourth-order valence-electron chi connectivity index (χ4n) is 3.36. The summed E-state index contributed by atoms with van der Waals surface area (Å²) < 4.78 is 5.93. The number of phenols is 1. The van der Waals surface area contributed by atoms with E-state index in [1.807, 2.05) is 12.1 Å². The van der Waals surface area contributed by atoms with Gasteiger partial charge in [0.15, 0.2) is 0 Å². The minimum absolute atomic E-state index is 0. The van der Waals surface area contributed by atoms with Crippen LogP contribution in [0.5, 0.6) is 11.5 Å². The van der Waals surface area contributed by atoms with Crippen molar-refractivity contribution in [2.75, 3.05) is 25.4 Å². The largest absolute Gasteiger partial charge is 0.507 e. The molecule has 0 radical (unpaired) electrons. The van der Waals surface area contributed by atoms with Crippen molar-refractivity contribution in [1.82, 2.24) is 15.3 Å². The molecule has 0 amide bonds. The first-order valence-electron chi connectivity index (χ1n) is 9.49. The van der Waals surface area contributed by atoms with Crippen molar-refractivity contribution in [3.05, 3.63) is 30.0 Å². The number of ether oxygens (including phenoxy) is 1. The quantitative estimate of drug-likeness (QED) is 0.619. The van der Waals surface area contributed by atoms with Gasteiger partial charge in [-0.2, -0.15) is 0 Å². The number of nitrogen functional groups attached to an aromatic ring is 1. The van der Waals surface area contributed by atoms with Crippen LogP contribution in [0.1, 0.15) is 50.6 Å². The highest BCUT2D eigenvalue weighted by molar-refractivity contribution is 5.85. The van der Waals surface area contributed by atoms with Crippen LogP contribution in [0.4, 0.5) is 5.95 Å². The van der Waals surface area contributed by atoms with Gasteiger partial charge in [-0.15, -0.1) is 12.4 Å². The average molecular weight is 393 g/mol. The highest BCUT2D eigenvalue weighted by Gasteiger charge is 2.20. The van der Waals surface area contributed by atoms with Crippen molar-refractivity contribution >= 4 is 18.4 Å². The predicted molar refractivity (Wildman–Crippen MR) is 111 cm³/mol. The molecule has 0 bridgehead atoms. The molecule has 0 spiro atoms. The number of rotatable bonds is 7. The molecule has 1 aliphatic heterocycles. The molecular weight excluding hydrogens is 364 g/mol. The van der Waals surface area contributed by atoms with Crippen LogP contribution in [0.3, 0.4) is 0 Å². The predicted octanol–water partition coefficient (Wildman–Crippen LogP) is 3.89. The Hall–Kier alpha value is -2.05. The lowest BCUT2D eigenvalue weighted by Crippen LogP contribution is -2.29. The Kier molecular flexibility index (Phi) is 8.13. The molecule has 1 unspecified atom stereocenters. The van der Waals surface area contributed by atoms with Crippen molar-refractivity contribution in [1.29, 1.82) is 0 Å². The summed E-state index contributed by atoms with van der Waals surface area (Å²) in [7, 11) is 0. The van der Waals surface area contributed by atoms with Gasteiger partial charge in [0.2, 0.25) is 5.95 Å². The lowest BCUT2D eigenvalue weighted by atomic mass is 9.95. The highest BCUT2D eigenvalue weighted by atomic mass is 35.5. The number of phenolic OH excluding ortho intramolecular Hbond substituents is 1. The van der Waals surface area contributed by atoms with E-state index in [1.165, 1.54) is 0 Å². The first-order valence-corrected chi connectivity index (χ1v) is 9.49. The zero-order valence-corrected chi connectivity index (χ0v) is 16.6. The average Bonchev–Trinajstić information content (AvgIpc) is 2.65. The molecule has 4 N–H and O–H groups in total. The normalized spacial score (nSPS) is 16.6. The van der Waals surface area contributed by atoms with E-state index in [2.05, 4.69) is 22.2 Å². The summed E-state index contributed by atoms with van der Waals surface area (Å²) in [5.74, 6) is 1.31. The molecule has 1 saturated heterocycles. The molecule has 3 rings (SSSR count). The summed E-state index contributed by atoms with van der Waals surface area (Å²) in [6.07, 6.45) is 5.43. The third-order valence-corrected chi connectivity index (χ3v) is 4.74. The number of piperidine rings is 1. The number of nitrogens with one attached hydrogen (secondary N) is 1. The Morgan fingerprint density at radius 2 is 2.15 bits per heavy atom. The van der Waals surface area contributed by atoms with Crippen molar-refractivity contribution in [3.8, 4) is 22.8 Å². The number of aromatic hydroxyl groups is 1. The first kappa shape index (κ1) is 21.3. The lowest BCUT2D eigenvalue weighted by molar-refractivity contribution is 0.306. The van der Waals surface area contributed by atoms with Crippen molar-refractivity contribution in [3.63, 3.8) is 0 Å². The van der Waals surface area contributed by atoms with E-state index in [9.17, 15) is 5.11 Å². The van der Waals surface area contributed by atoms with Crippen LogP contribution in [0.2, 0.25) is 0 Å². The van der Waals surface area contributed by atoms with E-state index in [1.54, 1.807) is 12.1 Å². The van der Waals surface area contributed by atoms with Crippen molar-refractivity contribution in [2.24, 2.45) is 0 Å². The smallest absolute Gasteiger partial charge is 0.220 e. The van der Waals surface area contributed by atoms with E-state index >= 15 is 0 Å². The monoisotopic (exact) mass is 392 g/mol. The Morgan fingerprint density at radius 3 is 2.89 bits per heavy atom. The number of benzene rings is 1. The molecule has 2 aromatic rings. The molecule has 1 aromatic heterocycles. The number of halogens is 1. The maximum Gasteiger partial charge on any atom is 0.220 e. The second kappa shape index (κ2) is 10.3. The van der Waals surface area contributed by atoms with Gasteiger partial charge in [0.25, 0.3) is 0 Å². The summed E-state index contributed by atoms with van der Waals surface area (Å²) >= 11 is 0. The van der Waals surface area contributed by atoms with Crippen LogP contribution in [-0.2, 0) is 0 Å². The molecule has 6 nitrogen and oxygen atoms in total. The number of aromatic nitrogens is 2.